The zero-order valence-electron chi connectivity index (χ0n) is 14.8. The van der Waals surface area contributed by atoms with E-state index in [4.69, 9.17) is 13.9 Å². The first-order valence-electron chi connectivity index (χ1n) is 8.44. The molecule has 1 amide bonds. The van der Waals surface area contributed by atoms with Crippen LogP contribution in [0.15, 0.2) is 47.1 Å². The standard InChI is InChI=1S/C20H21NO5/c1-13(20(23)21-9-10-24-2)26-18(22)11-15-12-25-17-8-7-14-5-3-4-6-16(14)19(15)17/h3-8,12-13H,9-11H2,1-2H3,(H,21,23)/t13-/m1/s1. The van der Waals surface area contributed by atoms with Gasteiger partial charge in [0.05, 0.1) is 19.3 Å². The van der Waals surface area contributed by atoms with E-state index in [1.54, 1.807) is 20.3 Å². The summed E-state index contributed by atoms with van der Waals surface area (Å²) in [5.74, 6) is -0.826. The number of methoxy groups -OCH3 is 1. The second kappa shape index (κ2) is 8.01. The summed E-state index contributed by atoms with van der Waals surface area (Å²) in [6, 6.07) is 11.8. The van der Waals surface area contributed by atoms with Crippen LogP contribution in [-0.2, 0) is 25.5 Å². The Morgan fingerprint density at radius 3 is 2.81 bits per heavy atom. The molecule has 0 radical (unpaired) electrons. The molecule has 0 saturated carbocycles. The van der Waals surface area contributed by atoms with Crippen LogP contribution in [-0.4, -0.2) is 38.2 Å². The average molecular weight is 355 g/mol. The van der Waals surface area contributed by atoms with E-state index in [1.807, 2.05) is 36.4 Å². The van der Waals surface area contributed by atoms with E-state index < -0.39 is 12.1 Å². The summed E-state index contributed by atoms with van der Waals surface area (Å²) in [6.07, 6.45) is 0.743. The van der Waals surface area contributed by atoms with E-state index in [2.05, 4.69) is 5.32 Å². The van der Waals surface area contributed by atoms with E-state index in [9.17, 15) is 9.59 Å². The summed E-state index contributed by atoms with van der Waals surface area (Å²) in [7, 11) is 1.55. The number of hydrogen-bond donors (Lipinski definition) is 1. The van der Waals surface area contributed by atoms with Gasteiger partial charge in [0.25, 0.3) is 5.91 Å². The van der Waals surface area contributed by atoms with Crippen LogP contribution in [0, 0.1) is 0 Å². The minimum atomic E-state index is -0.866. The average Bonchev–Trinajstić information content (AvgIpc) is 3.05. The summed E-state index contributed by atoms with van der Waals surface area (Å²) in [4.78, 5) is 24.1. The number of amides is 1. The van der Waals surface area contributed by atoms with Gasteiger partial charge in [0.2, 0.25) is 0 Å². The fourth-order valence-corrected chi connectivity index (χ4v) is 2.87. The largest absolute Gasteiger partial charge is 0.464 e. The lowest BCUT2D eigenvalue weighted by atomic mass is 10.0. The number of rotatable bonds is 7. The smallest absolute Gasteiger partial charge is 0.311 e. The maximum absolute atomic E-state index is 12.3. The molecule has 6 nitrogen and oxygen atoms in total. The highest BCUT2D eigenvalue weighted by molar-refractivity contribution is 6.08. The zero-order valence-corrected chi connectivity index (χ0v) is 14.8. The number of ether oxygens (including phenoxy) is 2. The summed E-state index contributed by atoms with van der Waals surface area (Å²) in [5.41, 5.74) is 1.46. The number of fused-ring (bicyclic) bond motifs is 3. The Morgan fingerprint density at radius 2 is 2.00 bits per heavy atom. The minimum Gasteiger partial charge on any atom is -0.464 e. The molecule has 1 atom stereocenters. The van der Waals surface area contributed by atoms with Crippen LogP contribution in [0.1, 0.15) is 12.5 Å². The summed E-state index contributed by atoms with van der Waals surface area (Å²) >= 11 is 0. The van der Waals surface area contributed by atoms with Gasteiger partial charge in [-0.15, -0.1) is 0 Å². The van der Waals surface area contributed by atoms with Crippen LogP contribution in [0.3, 0.4) is 0 Å². The third-order valence-electron chi connectivity index (χ3n) is 4.16. The van der Waals surface area contributed by atoms with Crippen molar-refractivity contribution in [2.75, 3.05) is 20.3 Å². The number of furan rings is 1. The van der Waals surface area contributed by atoms with Crippen molar-refractivity contribution in [2.45, 2.75) is 19.4 Å². The van der Waals surface area contributed by atoms with Crippen molar-refractivity contribution in [3.63, 3.8) is 0 Å². The van der Waals surface area contributed by atoms with Crippen LogP contribution in [0.2, 0.25) is 0 Å². The number of benzene rings is 2. The first-order valence-corrected chi connectivity index (χ1v) is 8.44. The van der Waals surface area contributed by atoms with Crippen LogP contribution < -0.4 is 5.32 Å². The third-order valence-corrected chi connectivity index (χ3v) is 4.16. The molecule has 0 aliphatic rings. The van der Waals surface area contributed by atoms with Crippen LogP contribution in [0.4, 0.5) is 0 Å². The molecule has 136 valence electrons. The second-order valence-electron chi connectivity index (χ2n) is 6.01. The van der Waals surface area contributed by atoms with Crippen LogP contribution in [0.5, 0.6) is 0 Å². The van der Waals surface area contributed by atoms with Gasteiger partial charge in [0.15, 0.2) is 6.10 Å². The van der Waals surface area contributed by atoms with Crippen molar-refractivity contribution in [3.8, 4) is 0 Å². The van der Waals surface area contributed by atoms with E-state index in [0.717, 1.165) is 27.3 Å². The van der Waals surface area contributed by atoms with E-state index >= 15 is 0 Å². The monoisotopic (exact) mass is 355 g/mol. The van der Waals surface area contributed by atoms with Gasteiger partial charge in [-0.25, -0.2) is 0 Å². The second-order valence-corrected chi connectivity index (χ2v) is 6.01. The van der Waals surface area contributed by atoms with Gasteiger partial charge >= 0.3 is 5.97 Å². The lowest BCUT2D eigenvalue weighted by Gasteiger charge is -2.13. The number of nitrogens with one attached hydrogen (secondary N) is 1. The molecule has 0 bridgehead atoms. The quantitative estimate of drug-likeness (QED) is 0.521. The molecule has 0 spiro atoms. The molecule has 1 heterocycles. The predicted octanol–water partition coefficient (Wildman–Crippen LogP) is 2.82. The normalized spacial score (nSPS) is 12.2. The molecular weight excluding hydrogens is 334 g/mol. The lowest BCUT2D eigenvalue weighted by molar-refractivity contribution is -0.154. The Kier molecular flexibility index (Phi) is 5.53. The maximum Gasteiger partial charge on any atom is 0.311 e. The molecule has 1 N–H and O–H groups in total. The fourth-order valence-electron chi connectivity index (χ4n) is 2.87. The van der Waals surface area contributed by atoms with Crippen molar-refractivity contribution in [3.05, 3.63) is 48.2 Å². The molecule has 6 heteroatoms. The number of hydrogen-bond acceptors (Lipinski definition) is 5. The minimum absolute atomic E-state index is 0.0384. The molecule has 0 aliphatic carbocycles. The summed E-state index contributed by atoms with van der Waals surface area (Å²) < 4.78 is 15.7. The topological polar surface area (TPSA) is 77.8 Å². The first-order chi connectivity index (χ1) is 12.6. The first kappa shape index (κ1) is 17.9. The molecule has 2 aromatic carbocycles. The van der Waals surface area contributed by atoms with Crippen LogP contribution in [0.25, 0.3) is 21.7 Å². The molecule has 3 aromatic rings. The molecule has 3 rings (SSSR count). The molecular formula is C20H21NO5. The van der Waals surface area contributed by atoms with E-state index in [1.165, 1.54) is 0 Å². The highest BCUT2D eigenvalue weighted by Crippen LogP contribution is 2.30. The van der Waals surface area contributed by atoms with E-state index in [0.29, 0.717) is 13.2 Å². The molecule has 0 fully saturated rings. The van der Waals surface area contributed by atoms with Crippen molar-refractivity contribution in [1.82, 2.24) is 5.32 Å². The highest BCUT2D eigenvalue weighted by atomic mass is 16.5. The lowest BCUT2D eigenvalue weighted by Crippen LogP contribution is -2.37. The third kappa shape index (κ3) is 3.86. The number of esters is 1. The van der Waals surface area contributed by atoms with Gasteiger partial charge in [-0.05, 0) is 23.8 Å². The number of carbonyl (C=O) groups is 2. The molecule has 0 saturated heterocycles. The van der Waals surface area contributed by atoms with Crippen molar-refractivity contribution < 1.29 is 23.5 Å². The highest BCUT2D eigenvalue weighted by Gasteiger charge is 2.19. The Balaban J connectivity index is 1.72. The Bertz CT molecular complexity index is 930. The van der Waals surface area contributed by atoms with Gasteiger partial charge in [0.1, 0.15) is 5.58 Å². The van der Waals surface area contributed by atoms with Crippen molar-refractivity contribution >= 4 is 33.6 Å². The Hall–Kier alpha value is -2.86. The summed E-state index contributed by atoms with van der Waals surface area (Å²) in [5, 5.41) is 5.63. The van der Waals surface area contributed by atoms with E-state index in [-0.39, 0.29) is 12.3 Å². The molecule has 1 aromatic heterocycles. The Morgan fingerprint density at radius 1 is 1.19 bits per heavy atom. The van der Waals surface area contributed by atoms with Gasteiger partial charge in [0, 0.05) is 24.6 Å². The maximum atomic E-state index is 12.3. The van der Waals surface area contributed by atoms with Gasteiger partial charge in [-0.2, -0.15) is 0 Å². The zero-order chi connectivity index (χ0) is 18.5. The van der Waals surface area contributed by atoms with Gasteiger partial charge in [-0.3, -0.25) is 9.59 Å². The van der Waals surface area contributed by atoms with Crippen molar-refractivity contribution in [1.29, 1.82) is 0 Å². The fraction of sp³-hybridized carbons (Fsp3) is 0.300. The Labute approximate surface area is 151 Å². The van der Waals surface area contributed by atoms with Gasteiger partial charge < -0.3 is 19.2 Å². The molecule has 26 heavy (non-hydrogen) atoms. The van der Waals surface area contributed by atoms with Crippen molar-refractivity contribution in [2.24, 2.45) is 0 Å². The molecule has 0 aliphatic heterocycles. The number of carbonyl (C=O) groups excluding carboxylic acids is 2. The molecule has 0 unspecified atom stereocenters. The predicted molar refractivity (Wildman–Crippen MR) is 97.9 cm³/mol. The summed E-state index contributed by atoms with van der Waals surface area (Å²) in [6.45, 7) is 2.32. The van der Waals surface area contributed by atoms with Crippen LogP contribution >= 0.6 is 0 Å². The SMILES string of the molecule is COCCNC(=O)[C@@H](C)OC(=O)Cc1coc2ccc3ccccc3c12. The van der Waals surface area contributed by atoms with Gasteiger partial charge in [-0.1, -0.05) is 30.3 Å².